The molecular weight excluding hydrogens is 330 g/mol. The quantitative estimate of drug-likeness (QED) is 0.655. The van der Waals surface area contributed by atoms with Gasteiger partial charge in [0.1, 0.15) is 22.7 Å². The number of rotatable bonds is 6. The van der Waals surface area contributed by atoms with E-state index in [0.717, 1.165) is 0 Å². The topological polar surface area (TPSA) is 48.7 Å². The smallest absolute Gasteiger partial charge is 0.342 e. The third-order valence-corrected chi connectivity index (χ3v) is 4.20. The molecule has 25 heavy (non-hydrogen) atoms. The fourth-order valence-electron chi connectivity index (χ4n) is 2.56. The van der Waals surface area contributed by atoms with Gasteiger partial charge in [0.2, 0.25) is 6.43 Å². The number of aryl methyl sites for hydroxylation is 1. The van der Waals surface area contributed by atoms with Crippen LogP contribution in [0.25, 0.3) is 11.0 Å². The molecule has 0 aliphatic heterocycles. The second-order valence-corrected chi connectivity index (χ2v) is 5.86. The van der Waals surface area contributed by atoms with Crippen LogP contribution in [-0.4, -0.2) is 25.6 Å². The van der Waals surface area contributed by atoms with Crippen molar-refractivity contribution in [1.29, 1.82) is 0 Å². The van der Waals surface area contributed by atoms with E-state index in [4.69, 9.17) is 13.9 Å². The van der Waals surface area contributed by atoms with Crippen molar-refractivity contribution in [2.24, 2.45) is 5.41 Å². The normalized spacial score (nSPS) is 14.8. The molecule has 0 saturated heterocycles. The highest BCUT2D eigenvalue weighted by Crippen LogP contribution is 2.50. The van der Waals surface area contributed by atoms with Crippen molar-refractivity contribution in [2.45, 2.75) is 47.0 Å². The zero-order valence-corrected chi connectivity index (χ0v) is 15.0. The van der Waals surface area contributed by atoms with Crippen LogP contribution in [0.4, 0.5) is 8.78 Å². The van der Waals surface area contributed by atoms with Gasteiger partial charge in [-0.2, -0.15) is 0 Å². The molecule has 2 aromatic rings. The standard InChI is InChI=1S/C17H18F2O4.C2H6/c1-3-21-15(20)14-10(2)23-13-5-4-11(8-12(13)14)22-9-17(6-7-17)16(18)19;1-2/h4-5,8,16H,3,6-7,9H2,1-2H3;1-2H3. The van der Waals surface area contributed by atoms with Crippen LogP contribution in [0.5, 0.6) is 5.75 Å². The molecule has 1 aliphatic rings. The van der Waals surface area contributed by atoms with Crippen molar-refractivity contribution in [3.63, 3.8) is 0 Å². The first-order valence-electron chi connectivity index (χ1n) is 8.58. The van der Waals surface area contributed by atoms with Gasteiger partial charge in [-0.05, 0) is 44.9 Å². The Morgan fingerprint density at radius 3 is 2.56 bits per heavy atom. The monoisotopic (exact) mass is 354 g/mol. The largest absolute Gasteiger partial charge is 0.493 e. The van der Waals surface area contributed by atoms with Gasteiger partial charge in [-0.3, -0.25) is 0 Å². The third-order valence-electron chi connectivity index (χ3n) is 4.20. The summed E-state index contributed by atoms with van der Waals surface area (Å²) in [6.07, 6.45) is -1.42. The molecule has 1 aromatic carbocycles. The molecule has 138 valence electrons. The predicted octanol–water partition coefficient (Wildman–Crippen LogP) is 5.37. The van der Waals surface area contributed by atoms with Crippen LogP contribution in [0.3, 0.4) is 0 Å². The van der Waals surface area contributed by atoms with E-state index in [1.807, 2.05) is 13.8 Å². The Kier molecular flexibility index (Phi) is 6.03. The number of carbonyl (C=O) groups is 1. The van der Waals surface area contributed by atoms with Crippen molar-refractivity contribution in [3.05, 3.63) is 29.5 Å². The Labute approximate surface area is 146 Å². The minimum Gasteiger partial charge on any atom is -0.493 e. The van der Waals surface area contributed by atoms with E-state index >= 15 is 0 Å². The number of ether oxygens (including phenoxy) is 2. The first-order chi connectivity index (χ1) is 12.0. The molecule has 1 heterocycles. The molecule has 0 unspecified atom stereocenters. The number of furan rings is 1. The second kappa shape index (κ2) is 7.85. The zero-order chi connectivity index (χ0) is 18.6. The summed E-state index contributed by atoms with van der Waals surface area (Å²) in [5.41, 5.74) is -0.124. The van der Waals surface area contributed by atoms with Crippen LogP contribution in [0.15, 0.2) is 22.6 Å². The first-order valence-corrected chi connectivity index (χ1v) is 8.58. The highest BCUT2D eigenvalue weighted by molar-refractivity contribution is 6.04. The van der Waals surface area contributed by atoms with Crippen LogP contribution in [0.1, 0.15) is 49.7 Å². The first kappa shape index (κ1) is 19.2. The second-order valence-electron chi connectivity index (χ2n) is 5.86. The van der Waals surface area contributed by atoms with Gasteiger partial charge in [0.05, 0.1) is 18.6 Å². The van der Waals surface area contributed by atoms with Crippen LogP contribution in [0, 0.1) is 12.3 Å². The number of carbonyl (C=O) groups excluding carboxylic acids is 1. The summed E-state index contributed by atoms with van der Waals surface area (Å²) in [6, 6.07) is 4.96. The lowest BCUT2D eigenvalue weighted by Crippen LogP contribution is -2.21. The van der Waals surface area contributed by atoms with Crippen LogP contribution in [-0.2, 0) is 4.74 Å². The Morgan fingerprint density at radius 2 is 2.00 bits per heavy atom. The van der Waals surface area contributed by atoms with E-state index in [1.54, 1.807) is 32.0 Å². The van der Waals surface area contributed by atoms with Gasteiger partial charge in [-0.15, -0.1) is 0 Å². The summed E-state index contributed by atoms with van der Waals surface area (Å²) in [4.78, 5) is 12.0. The highest BCUT2D eigenvalue weighted by atomic mass is 19.3. The van der Waals surface area contributed by atoms with Gasteiger partial charge in [0.15, 0.2) is 0 Å². The average molecular weight is 354 g/mol. The number of esters is 1. The van der Waals surface area contributed by atoms with E-state index in [9.17, 15) is 13.6 Å². The molecule has 0 amide bonds. The number of benzene rings is 1. The van der Waals surface area contributed by atoms with Gasteiger partial charge < -0.3 is 13.9 Å². The molecule has 1 aliphatic carbocycles. The molecule has 0 atom stereocenters. The molecule has 1 fully saturated rings. The Balaban J connectivity index is 0.00000109. The van der Waals surface area contributed by atoms with Crippen molar-refractivity contribution in [3.8, 4) is 5.75 Å². The van der Waals surface area contributed by atoms with Crippen LogP contribution < -0.4 is 4.74 Å². The fourth-order valence-corrected chi connectivity index (χ4v) is 2.56. The van der Waals surface area contributed by atoms with E-state index in [0.29, 0.717) is 40.9 Å². The lowest BCUT2D eigenvalue weighted by atomic mass is 10.1. The van der Waals surface area contributed by atoms with Crippen molar-refractivity contribution in [2.75, 3.05) is 13.2 Å². The van der Waals surface area contributed by atoms with Crippen LogP contribution >= 0.6 is 0 Å². The average Bonchev–Trinajstić information content (AvgIpc) is 3.32. The number of hydrogen-bond acceptors (Lipinski definition) is 4. The maximum atomic E-state index is 12.9. The Hall–Kier alpha value is -2.11. The molecule has 4 nitrogen and oxygen atoms in total. The summed E-state index contributed by atoms with van der Waals surface area (Å²) < 4.78 is 42.0. The molecule has 3 rings (SSSR count). The maximum Gasteiger partial charge on any atom is 0.342 e. The minimum atomic E-state index is -2.38. The zero-order valence-electron chi connectivity index (χ0n) is 15.0. The molecule has 1 aromatic heterocycles. The summed E-state index contributed by atoms with van der Waals surface area (Å²) in [7, 11) is 0. The molecular formula is C19H24F2O4. The van der Waals surface area contributed by atoms with Crippen molar-refractivity contribution in [1.82, 2.24) is 0 Å². The van der Waals surface area contributed by atoms with Gasteiger partial charge in [-0.25, -0.2) is 13.6 Å². The maximum absolute atomic E-state index is 12.9. The van der Waals surface area contributed by atoms with Crippen molar-refractivity contribution < 1.29 is 27.5 Å². The summed E-state index contributed by atoms with van der Waals surface area (Å²) in [5, 5.41) is 0.570. The SMILES string of the molecule is CC.CCOC(=O)c1c(C)oc2ccc(OCC3(C(F)F)CC3)cc12. The van der Waals surface area contributed by atoms with E-state index in [2.05, 4.69) is 0 Å². The lowest BCUT2D eigenvalue weighted by molar-refractivity contribution is 0.0316. The Morgan fingerprint density at radius 1 is 1.32 bits per heavy atom. The van der Waals surface area contributed by atoms with Crippen molar-refractivity contribution >= 4 is 16.9 Å². The molecule has 6 heteroatoms. The summed E-state index contributed by atoms with van der Waals surface area (Å²) >= 11 is 0. The fraction of sp³-hybridized carbons (Fsp3) is 0.526. The number of halogens is 2. The van der Waals surface area contributed by atoms with Gasteiger partial charge in [0, 0.05) is 5.39 Å². The van der Waals surface area contributed by atoms with Gasteiger partial charge in [0.25, 0.3) is 0 Å². The molecule has 0 spiro atoms. The number of alkyl halides is 2. The van der Waals surface area contributed by atoms with E-state index in [-0.39, 0.29) is 13.2 Å². The minimum absolute atomic E-state index is 0.0260. The molecule has 0 radical (unpaired) electrons. The van der Waals surface area contributed by atoms with Gasteiger partial charge in [-0.1, -0.05) is 13.8 Å². The summed E-state index contributed by atoms with van der Waals surface area (Å²) in [5.74, 6) is 0.435. The predicted molar refractivity (Wildman–Crippen MR) is 91.4 cm³/mol. The highest BCUT2D eigenvalue weighted by Gasteiger charge is 2.51. The summed E-state index contributed by atoms with van der Waals surface area (Å²) in [6.45, 7) is 7.64. The van der Waals surface area contributed by atoms with E-state index in [1.165, 1.54) is 0 Å². The number of hydrogen-bond donors (Lipinski definition) is 0. The third kappa shape index (κ3) is 3.94. The Bertz CT molecular complexity index is 732. The number of fused-ring (bicyclic) bond motifs is 1. The molecule has 1 saturated carbocycles. The van der Waals surface area contributed by atoms with Gasteiger partial charge >= 0.3 is 5.97 Å². The molecule has 0 N–H and O–H groups in total. The van der Waals surface area contributed by atoms with E-state index < -0.39 is 17.8 Å². The van der Waals surface area contributed by atoms with Crippen LogP contribution in [0.2, 0.25) is 0 Å². The molecule has 0 bridgehead atoms. The lowest BCUT2D eigenvalue weighted by Gasteiger charge is -2.15.